The number of nitro benzene ring substituents is 1. The van der Waals surface area contributed by atoms with E-state index in [-0.39, 0.29) is 30.0 Å². The molecule has 2 rings (SSSR count). The maximum atomic E-state index is 12.1. The molecule has 1 amide bonds. The third kappa shape index (κ3) is 3.64. The van der Waals surface area contributed by atoms with Crippen molar-refractivity contribution < 1.29 is 19.2 Å². The average Bonchev–Trinajstić information content (AvgIpc) is 3.05. The molecule has 8 nitrogen and oxygen atoms in total. The predicted octanol–water partition coefficient (Wildman–Crippen LogP) is 0.802. The fraction of sp³-hybridized carbons (Fsp3) is 0.500. The van der Waals surface area contributed by atoms with Crippen molar-refractivity contribution in [3.8, 4) is 11.5 Å². The van der Waals surface area contributed by atoms with E-state index in [2.05, 4.69) is 5.32 Å². The highest BCUT2D eigenvalue weighted by atomic mass is 16.6. The third-order valence-electron chi connectivity index (χ3n) is 3.69. The molecule has 1 aliphatic heterocycles. The standard InChI is InChI=1S/C14H19N3O5/c1-16(10-5-6-15-8-10)14(18)9-22-11-3-4-12(17(19)20)13(7-11)21-2/h3-4,7,10,15H,5-6,8-9H2,1-2H3. The van der Waals surface area contributed by atoms with Crippen LogP contribution in [0.25, 0.3) is 0 Å². The number of nitrogens with zero attached hydrogens (tertiary/aromatic N) is 2. The summed E-state index contributed by atoms with van der Waals surface area (Å²) in [6, 6.07) is 4.33. The molecular weight excluding hydrogens is 290 g/mol. The van der Waals surface area contributed by atoms with Gasteiger partial charge in [0.2, 0.25) is 5.75 Å². The van der Waals surface area contributed by atoms with Crippen molar-refractivity contribution >= 4 is 11.6 Å². The molecule has 1 heterocycles. The van der Waals surface area contributed by atoms with Crippen LogP contribution < -0.4 is 14.8 Å². The van der Waals surface area contributed by atoms with Gasteiger partial charge in [0.25, 0.3) is 5.91 Å². The molecule has 22 heavy (non-hydrogen) atoms. The quantitative estimate of drug-likeness (QED) is 0.617. The maximum absolute atomic E-state index is 12.1. The summed E-state index contributed by atoms with van der Waals surface area (Å²) in [6.45, 7) is 1.57. The summed E-state index contributed by atoms with van der Waals surface area (Å²) in [6.07, 6.45) is 0.924. The Bertz CT molecular complexity index is 557. The molecule has 1 aromatic carbocycles. The van der Waals surface area contributed by atoms with Crippen molar-refractivity contribution in [1.29, 1.82) is 0 Å². The average molecular weight is 309 g/mol. The van der Waals surface area contributed by atoms with Gasteiger partial charge < -0.3 is 19.7 Å². The Balaban J connectivity index is 1.96. The van der Waals surface area contributed by atoms with Crippen molar-refractivity contribution in [2.75, 3.05) is 33.9 Å². The number of hydrogen-bond donors (Lipinski definition) is 1. The molecule has 1 atom stereocenters. The zero-order valence-electron chi connectivity index (χ0n) is 12.6. The first-order chi connectivity index (χ1) is 10.5. The Morgan fingerprint density at radius 2 is 2.32 bits per heavy atom. The summed E-state index contributed by atoms with van der Waals surface area (Å²) in [5, 5.41) is 14.0. The van der Waals surface area contributed by atoms with E-state index in [1.165, 1.54) is 25.3 Å². The number of amides is 1. The normalized spacial score (nSPS) is 17.1. The number of nitro groups is 1. The highest BCUT2D eigenvalue weighted by Crippen LogP contribution is 2.30. The van der Waals surface area contributed by atoms with E-state index in [9.17, 15) is 14.9 Å². The molecule has 1 saturated heterocycles. The molecule has 0 aliphatic carbocycles. The van der Waals surface area contributed by atoms with Crippen LogP contribution in [0.1, 0.15) is 6.42 Å². The number of carbonyl (C=O) groups excluding carboxylic acids is 1. The molecule has 0 aromatic heterocycles. The summed E-state index contributed by atoms with van der Waals surface area (Å²) in [5.41, 5.74) is -0.143. The molecule has 120 valence electrons. The molecule has 1 unspecified atom stereocenters. The van der Waals surface area contributed by atoms with Crippen LogP contribution in [0.4, 0.5) is 5.69 Å². The lowest BCUT2D eigenvalue weighted by Gasteiger charge is -2.23. The summed E-state index contributed by atoms with van der Waals surface area (Å²) in [5.74, 6) is 0.322. The number of hydrogen-bond acceptors (Lipinski definition) is 6. The van der Waals surface area contributed by atoms with E-state index in [0.29, 0.717) is 5.75 Å². The highest BCUT2D eigenvalue weighted by Gasteiger charge is 2.23. The highest BCUT2D eigenvalue weighted by molar-refractivity contribution is 5.78. The van der Waals surface area contributed by atoms with Crippen LogP contribution in [-0.4, -0.2) is 55.6 Å². The van der Waals surface area contributed by atoms with E-state index in [1.807, 2.05) is 0 Å². The van der Waals surface area contributed by atoms with Crippen molar-refractivity contribution in [3.63, 3.8) is 0 Å². The van der Waals surface area contributed by atoms with Gasteiger partial charge in [0.15, 0.2) is 6.61 Å². The molecular formula is C14H19N3O5. The Labute approximate surface area is 128 Å². The number of nitrogens with one attached hydrogen (secondary N) is 1. The Morgan fingerprint density at radius 3 is 2.91 bits per heavy atom. The molecule has 1 aliphatic rings. The van der Waals surface area contributed by atoms with Crippen LogP contribution in [0.2, 0.25) is 0 Å². The van der Waals surface area contributed by atoms with Crippen LogP contribution in [0.5, 0.6) is 11.5 Å². The van der Waals surface area contributed by atoms with E-state index in [4.69, 9.17) is 9.47 Å². The van der Waals surface area contributed by atoms with Gasteiger partial charge in [-0.05, 0) is 19.0 Å². The van der Waals surface area contributed by atoms with Crippen molar-refractivity contribution in [3.05, 3.63) is 28.3 Å². The minimum atomic E-state index is -0.533. The molecule has 0 radical (unpaired) electrons. The molecule has 1 N–H and O–H groups in total. The second-order valence-electron chi connectivity index (χ2n) is 5.03. The van der Waals surface area contributed by atoms with Gasteiger partial charge in [-0.25, -0.2) is 0 Å². The number of ether oxygens (including phenoxy) is 2. The topological polar surface area (TPSA) is 93.9 Å². The van der Waals surface area contributed by atoms with E-state index in [0.717, 1.165) is 19.5 Å². The smallest absolute Gasteiger partial charge is 0.311 e. The molecule has 0 saturated carbocycles. The minimum absolute atomic E-state index is 0.100. The van der Waals surface area contributed by atoms with Crippen molar-refractivity contribution in [2.24, 2.45) is 0 Å². The fourth-order valence-electron chi connectivity index (χ4n) is 2.32. The van der Waals surface area contributed by atoms with Crippen LogP contribution in [0.3, 0.4) is 0 Å². The Morgan fingerprint density at radius 1 is 1.55 bits per heavy atom. The molecule has 1 fully saturated rings. The van der Waals surface area contributed by atoms with Gasteiger partial charge >= 0.3 is 5.69 Å². The van der Waals surface area contributed by atoms with Gasteiger partial charge in [-0.1, -0.05) is 0 Å². The summed E-state index contributed by atoms with van der Waals surface area (Å²) < 4.78 is 10.4. The van der Waals surface area contributed by atoms with Gasteiger partial charge in [0.05, 0.1) is 12.0 Å². The molecule has 1 aromatic rings. The predicted molar refractivity (Wildman–Crippen MR) is 79.2 cm³/mol. The van der Waals surface area contributed by atoms with Gasteiger partial charge in [0, 0.05) is 31.8 Å². The largest absolute Gasteiger partial charge is 0.490 e. The zero-order chi connectivity index (χ0) is 16.1. The van der Waals surface area contributed by atoms with Crippen molar-refractivity contribution in [1.82, 2.24) is 10.2 Å². The zero-order valence-corrected chi connectivity index (χ0v) is 12.6. The van der Waals surface area contributed by atoms with Crippen LogP contribution in [0, 0.1) is 10.1 Å². The number of rotatable bonds is 6. The summed E-state index contributed by atoms with van der Waals surface area (Å²) in [7, 11) is 3.10. The number of likely N-dealkylation sites (N-methyl/N-ethyl adjacent to an activating group) is 1. The van der Waals surface area contributed by atoms with Crippen LogP contribution in [0.15, 0.2) is 18.2 Å². The first-order valence-electron chi connectivity index (χ1n) is 6.94. The lowest BCUT2D eigenvalue weighted by atomic mass is 10.2. The van der Waals surface area contributed by atoms with E-state index < -0.39 is 4.92 Å². The molecule has 0 bridgehead atoms. The SMILES string of the molecule is COc1cc(OCC(=O)N(C)C2CCNC2)ccc1[N+](=O)[O-]. The first kappa shape index (κ1) is 16.0. The minimum Gasteiger partial charge on any atom is -0.490 e. The first-order valence-corrected chi connectivity index (χ1v) is 6.94. The molecule has 0 spiro atoms. The Hall–Kier alpha value is -2.35. The number of carbonyl (C=O) groups is 1. The second-order valence-corrected chi connectivity index (χ2v) is 5.03. The monoisotopic (exact) mass is 309 g/mol. The summed E-state index contributed by atoms with van der Waals surface area (Å²) >= 11 is 0. The van der Waals surface area contributed by atoms with E-state index >= 15 is 0 Å². The second kappa shape index (κ2) is 7.08. The molecule has 8 heteroatoms. The lowest BCUT2D eigenvalue weighted by Crippen LogP contribution is -2.40. The van der Waals surface area contributed by atoms with E-state index in [1.54, 1.807) is 11.9 Å². The van der Waals surface area contributed by atoms with Gasteiger partial charge in [-0.3, -0.25) is 14.9 Å². The van der Waals surface area contributed by atoms with Crippen LogP contribution >= 0.6 is 0 Å². The van der Waals surface area contributed by atoms with Crippen LogP contribution in [-0.2, 0) is 4.79 Å². The number of methoxy groups -OCH3 is 1. The summed E-state index contributed by atoms with van der Waals surface area (Å²) in [4.78, 5) is 24.0. The van der Waals surface area contributed by atoms with Gasteiger partial charge in [-0.15, -0.1) is 0 Å². The maximum Gasteiger partial charge on any atom is 0.311 e. The van der Waals surface area contributed by atoms with Crippen molar-refractivity contribution in [2.45, 2.75) is 12.5 Å². The lowest BCUT2D eigenvalue weighted by molar-refractivity contribution is -0.385. The number of benzene rings is 1. The third-order valence-corrected chi connectivity index (χ3v) is 3.69. The van der Waals surface area contributed by atoms with Gasteiger partial charge in [0.1, 0.15) is 5.75 Å². The Kier molecular flexibility index (Phi) is 5.16. The van der Waals surface area contributed by atoms with Gasteiger partial charge in [-0.2, -0.15) is 0 Å². The fourth-order valence-corrected chi connectivity index (χ4v) is 2.32.